The molecule has 0 unspecified atom stereocenters. The van der Waals surface area contributed by atoms with E-state index in [-0.39, 0.29) is 17.5 Å². The first-order valence-electron chi connectivity index (χ1n) is 9.44. The van der Waals surface area contributed by atoms with Crippen molar-refractivity contribution >= 4 is 21.4 Å². The maximum Gasteiger partial charge on any atom is 0.234 e. The van der Waals surface area contributed by atoms with E-state index in [0.29, 0.717) is 17.8 Å². The van der Waals surface area contributed by atoms with E-state index in [9.17, 15) is 8.42 Å². The number of pyridine rings is 1. The molecule has 0 spiro atoms. The molecule has 9 nitrogen and oxygen atoms in total. The van der Waals surface area contributed by atoms with Crippen molar-refractivity contribution in [3.05, 3.63) is 36.3 Å². The van der Waals surface area contributed by atoms with Crippen molar-refractivity contribution in [1.29, 1.82) is 0 Å². The SMILES string of the molecule is COc1cc(Cn2cccn2)cn2nnc(NS(=O)(=O)CC3CCCCC3)c12. The number of methoxy groups -OCH3 is 1. The maximum absolute atomic E-state index is 12.6. The summed E-state index contributed by atoms with van der Waals surface area (Å²) in [6.07, 6.45) is 10.7. The van der Waals surface area contributed by atoms with E-state index in [4.69, 9.17) is 4.74 Å². The fraction of sp³-hybridized carbons (Fsp3) is 0.500. The number of hydrogen-bond donors (Lipinski definition) is 1. The van der Waals surface area contributed by atoms with E-state index in [0.717, 1.165) is 31.2 Å². The summed E-state index contributed by atoms with van der Waals surface area (Å²) in [7, 11) is -1.97. The Bertz CT molecular complexity index is 1040. The average Bonchev–Trinajstić information content (AvgIpc) is 3.31. The summed E-state index contributed by atoms with van der Waals surface area (Å²) in [5, 5.41) is 12.3. The first kappa shape index (κ1) is 18.7. The molecule has 1 aliphatic rings. The summed E-state index contributed by atoms with van der Waals surface area (Å²) in [6.45, 7) is 0.544. The Balaban J connectivity index is 1.59. The van der Waals surface area contributed by atoms with E-state index in [1.165, 1.54) is 10.9 Å². The molecule has 28 heavy (non-hydrogen) atoms. The molecular formula is C18H24N6O3S. The zero-order chi connectivity index (χ0) is 19.6. The van der Waals surface area contributed by atoms with Crippen LogP contribution in [0.2, 0.25) is 0 Å². The smallest absolute Gasteiger partial charge is 0.234 e. The highest BCUT2D eigenvalue weighted by Crippen LogP contribution is 2.29. The highest BCUT2D eigenvalue weighted by molar-refractivity contribution is 7.92. The van der Waals surface area contributed by atoms with Crippen LogP contribution in [-0.2, 0) is 16.6 Å². The molecule has 150 valence electrons. The van der Waals surface area contributed by atoms with Crippen LogP contribution >= 0.6 is 0 Å². The molecule has 1 aliphatic carbocycles. The fourth-order valence-corrected chi connectivity index (χ4v) is 5.26. The second-order valence-electron chi connectivity index (χ2n) is 7.24. The molecule has 1 fully saturated rings. The molecule has 3 aromatic heterocycles. The van der Waals surface area contributed by atoms with Crippen LogP contribution in [0, 0.1) is 5.92 Å². The van der Waals surface area contributed by atoms with Gasteiger partial charge in [0.15, 0.2) is 11.3 Å². The number of sulfonamides is 1. The number of hydrogen-bond acceptors (Lipinski definition) is 6. The van der Waals surface area contributed by atoms with Gasteiger partial charge in [0.05, 0.1) is 19.4 Å². The summed E-state index contributed by atoms with van der Waals surface area (Å²) in [5.41, 5.74) is 1.41. The van der Waals surface area contributed by atoms with E-state index in [2.05, 4.69) is 20.1 Å². The van der Waals surface area contributed by atoms with Gasteiger partial charge in [-0.25, -0.2) is 12.9 Å². The summed E-state index contributed by atoms with van der Waals surface area (Å²) in [6, 6.07) is 3.70. The number of nitrogens with zero attached hydrogens (tertiary/aromatic N) is 5. The van der Waals surface area contributed by atoms with E-state index in [1.807, 2.05) is 18.3 Å². The molecule has 0 bridgehead atoms. The van der Waals surface area contributed by atoms with Gasteiger partial charge in [0, 0.05) is 18.6 Å². The Morgan fingerprint density at radius 1 is 1.29 bits per heavy atom. The molecule has 10 heteroatoms. The Morgan fingerprint density at radius 3 is 2.82 bits per heavy atom. The lowest BCUT2D eigenvalue weighted by Crippen LogP contribution is -2.24. The number of aromatic nitrogens is 5. The molecule has 0 saturated heterocycles. The molecular weight excluding hydrogens is 380 g/mol. The lowest BCUT2D eigenvalue weighted by molar-refractivity contribution is 0.385. The van der Waals surface area contributed by atoms with Gasteiger partial charge in [-0.1, -0.05) is 24.5 Å². The van der Waals surface area contributed by atoms with Crippen molar-refractivity contribution in [3.8, 4) is 5.75 Å². The minimum Gasteiger partial charge on any atom is -0.494 e. The van der Waals surface area contributed by atoms with Crippen LogP contribution in [0.25, 0.3) is 5.52 Å². The van der Waals surface area contributed by atoms with Crippen LogP contribution in [0.4, 0.5) is 5.82 Å². The Hall–Kier alpha value is -2.62. The molecule has 0 atom stereocenters. The van der Waals surface area contributed by atoms with E-state index >= 15 is 0 Å². The molecule has 3 heterocycles. The van der Waals surface area contributed by atoms with Crippen LogP contribution < -0.4 is 9.46 Å². The fourth-order valence-electron chi connectivity index (χ4n) is 3.79. The van der Waals surface area contributed by atoms with Gasteiger partial charge in [-0.3, -0.25) is 9.40 Å². The Labute approximate surface area is 163 Å². The molecule has 4 rings (SSSR count). The molecule has 1 saturated carbocycles. The molecule has 0 radical (unpaired) electrons. The standard InChI is InChI=1S/C18H24N6O3S/c1-27-16-10-15(11-23-9-5-8-19-23)12-24-17(16)18(20-22-24)21-28(25,26)13-14-6-3-2-4-7-14/h5,8-10,12,14,21H,2-4,6-7,11,13H2,1H3. The van der Waals surface area contributed by atoms with Crippen LogP contribution in [0.5, 0.6) is 5.75 Å². The van der Waals surface area contributed by atoms with Crippen molar-refractivity contribution in [1.82, 2.24) is 24.6 Å². The Kier molecular flexibility index (Phi) is 5.21. The number of ether oxygens (including phenoxy) is 1. The summed E-state index contributed by atoms with van der Waals surface area (Å²) >= 11 is 0. The second kappa shape index (κ2) is 7.78. The van der Waals surface area contributed by atoms with Crippen LogP contribution in [0.15, 0.2) is 30.7 Å². The highest BCUT2D eigenvalue weighted by atomic mass is 32.2. The van der Waals surface area contributed by atoms with Crippen molar-refractivity contribution < 1.29 is 13.2 Å². The first-order chi connectivity index (χ1) is 13.5. The van der Waals surface area contributed by atoms with E-state index in [1.54, 1.807) is 24.2 Å². The predicted octanol–water partition coefficient (Wildman–Crippen LogP) is 2.30. The number of fused-ring (bicyclic) bond motifs is 1. The predicted molar refractivity (Wildman–Crippen MR) is 105 cm³/mol. The third-order valence-corrected chi connectivity index (χ3v) is 6.50. The van der Waals surface area contributed by atoms with Gasteiger partial charge >= 0.3 is 0 Å². The van der Waals surface area contributed by atoms with Gasteiger partial charge in [0.2, 0.25) is 10.0 Å². The quantitative estimate of drug-likeness (QED) is 0.648. The van der Waals surface area contributed by atoms with Crippen molar-refractivity contribution in [2.45, 2.75) is 38.6 Å². The van der Waals surface area contributed by atoms with Crippen molar-refractivity contribution in [3.63, 3.8) is 0 Å². The largest absolute Gasteiger partial charge is 0.494 e. The minimum absolute atomic E-state index is 0.117. The highest BCUT2D eigenvalue weighted by Gasteiger charge is 2.24. The third-order valence-electron chi connectivity index (χ3n) is 5.09. The van der Waals surface area contributed by atoms with Crippen LogP contribution in [0.1, 0.15) is 37.7 Å². The lowest BCUT2D eigenvalue weighted by atomic mass is 9.91. The van der Waals surface area contributed by atoms with Crippen molar-refractivity contribution in [2.75, 3.05) is 17.6 Å². The minimum atomic E-state index is -3.51. The zero-order valence-electron chi connectivity index (χ0n) is 15.8. The van der Waals surface area contributed by atoms with Gasteiger partial charge in [-0.05, 0) is 36.5 Å². The monoisotopic (exact) mass is 404 g/mol. The topological polar surface area (TPSA) is 103 Å². The van der Waals surface area contributed by atoms with Crippen molar-refractivity contribution in [2.24, 2.45) is 5.92 Å². The molecule has 0 amide bonds. The van der Waals surface area contributed by atoms with Gasteiger partial charge in [-0.2, -0.15) is 5.10 Å². The second-order valence-corrected chi connectivity index (χ2v) is 9.01. The Morgan fingerprint density at radius 2 is 2.11 bits per heavy atom. The summed E-state index contributed by atoms with van der Waals surface area (Å²) in [4.78, 5) is 0. The molecule has 3 aromatic rings. The zero-order valence-corrected chi connectivity index (χ0v) is 16.6. The third kappa shape index (κ3) is 4.11. The van der Waals surface area contributed by atoms with Gasteiger partial charge in [0.25, 0.3) is 0 Å². The van der Waals surface area contributed by atoms with E-state index < -0.39 is 10.0 Å². The van der Waals surface area contributed by atoms with Crippen LogP contribution in [-0.4, -0.2) is 45.9 Å². The summed E-state index contributed by atoms with van der Waals surface area (Å²) < 4.78 is 36.7. The lowest BCUT2D eigenvalue weighted by Gasteiger charge is -2.21. The van der Waals surface area contributed by atoms with Gasteiger partial charge in [-0.15, -0.1) is 5.10 Å². The summed E-state index contributed by atoms with van der Waals surface area (Å²) in [5.74, 6) is 1.02. The van der Waals surface area contributed by atoms with Gasteiger partial charge < -0.3 is 4.74 Å². The molecule has 0 aliphatic heterocycles. The normalized spacial score (nSPS) is 15.8. The number of anilines is 1. The average molecular weight is 404 g/mol. The number of nitrogens with one attached hydrogen (secondary N) is 1. The maximum atomic E-state index is 12.6. The molecule has 1 N–H and O–H groups in total. The number of rotatable bonds is 7. The van der Waals surface area contributed by atoms with Gasteiger partial charge in [0.1, 0.15) is 5.75 Å². The molecule has 0 aromatic carbocycles. The first-order valence-corrected chi connectivity index (χ1v) is 11.1. The van der Waals surface area contributed by atoms with Crippen LogP contribution in [0.3, 0.4) is 0 Å².